The second kappa shape index (κ2) is 4.37. The number of H-pyrrole nitrogens is 1. The molecule has 5 nitrogen and oxygen atoms in total. The number of aromatic nitrogens is 3. The van der Waals surface area contributed by atoms with Crippen LogP contribution in [0.5, 0.6) is 5.75 Å². The van der Waals surface area contributed by atoms with Crippen molar-refractivity contribution in [1.29, 1.82) is 0 Å². The first-order chi connectivity index (χ1) is 8.83. The minimum absolute atomic E-state index is 0.157. The second-order valence-corrected chi connectivity index (χ2v) is 3.86. The van der Waals surface area contributed by atoms with Crippen molar-refractivity contribution in [1.82, 2.24) is 14.6 Å². The summed E-state index contributed by atoms with van der Waals surface area (Å²) >= 11 is 0. The molecule has 0 unspecified atom stereocenters. The van der Waals surface area contributed by atoms with E-state index in [-0.39, 0.29) is 5.56 Å². The molecule has 0 fully saturated rings. The van der Waals surface area contributed by atoms with Crippen molar-refractivity contribution in [3.8, 4) is 5.75 Å². The first-order valence-electron chi connectivity index (χ1n) is 5.57. The molecule has 1 aromatic carbocycles. The molecule has 0 aliphatic rings. The molecule has 0 saturated carbocycles. The molecule has 90 valence electrons. The molecule has 3 aromatic rings. The van der Waals surface area contributed by atoms with Crippen molar-refractivity contribution < 1.29 is 4.74 Å². The Bertz CT molecular complexity index is 716. The summed E-state index contributed by atoms with van der Waals surface area (Å²) in [7, 11) is 0. The third-order valence-electron chi connectivity index (χ3n) is 2.58. The number of nitrogens with one attached hydrogen (secondary N) is 1. The predicted molar refractivity (Wildman–Crippen MR) is 66.6 cm³/mol. The quantitative estimate of drug-likeness (QED) is 0.757. The second-order valence-electron chi connectivity index (χ2n) is 3.86. The van der Waals surface area contributed by atoms with Gasteiger partial charge in [0.25, 0.3) is 5.56 Å². The summed E-state index contributed by atoms with van der Waals surface area (Å²) in [5.41, 5.74) is 1.08. The number of nitrogens with zero attached hydrogens (tertiary/aromatic N) is 2. The first-order valence-corrected chi connectivity index (χ1v) is 5.57. The van der Waals surface area contributed by atoms with E-state index in [0.717, 1.165) is 11.4 Å². The fourth-order valence-electron chi connectivity index (χ4n) is 1.73. The van der Waals surface area contributed by atoms with Gasteiger partial charge in [-0.25, -0.2) is 4.52 Å². The highest BCUT2D eigenvalue weighted by molar-refractivity contribution is 5.44. The summed E-state index contributed by atoms with van der Waals surface area (Å²) in [6.07, 6.45) is 3.26. The highest BCUT2D eigenvalue weighted by atomic mass is 16.5. The van der Waals surface area contributed by atoms with Crippen LogP contribution >= 0.6 is 0 Å². The fourth-order valence-corrected chi connectivity index (χ4v) is 1.73. The van der Waals surface area contributed by atoms with Crippen LogP contribution < -0.4 is 10.3 Å². The van der Waals surface area contributed by atoms with Crippen molar-refractivity contribution in [2.75, 3.05) is 0 Å². The number of aromatic amines is 1. The summed E-state index contributed by atoms with van der Waals surface area (Å²) in [5.74, 6) is 0.781. The number of benzene rings is 1. The van der Waals surface area contributed by atoms with E-state index in [4.69, 9.17) is 4.74 Å². The molecular weight excluding hydrogens is 230 g/mol. The number of para-hydroxylation sites is 1. The van der Waals surface area contributed by atoms with Crippen LogP contribution in [-0.2, 0) is 6.61 Å². The van der Waals surface area contributed by atoms with Crippen molar-refractivity contribution in [3.05, 3.63) is 64.8 Å². The van der Waals surface area contributed by atoms with Crippen LogP contribution in [0.2, 0.25) is 0 Å². The van der Waals surface area contributed by atoms with Crippen LogP contribution in [0.4, 0.5) is 0 Å². The standard InChI is InChI=1S/C13H11N3O2/c17-13-12-8-10(15-16(12)7-6-14-13)9-18-11-4-2-1-3-5-11/h1-8H,9H2,(H,14,17). The monoisotopic (exact) mass is 241 g/mol. The van der Waals surface area contributed by atoms with Gasteiger partial charge in [0.1, 0.15) is 23.6 Å². The van der Waals surface area contributed by atoms with Gasteiger partial charge < -0.3 is 9.72 Å². The van der Waals surface area contributed by atoms with E-state index in [9.17, 15) is 4.79 Å². The SMILES string of the molecule is O=c1[nH]ccn2nc(COc3ccccc3)cc12. The molecule has 3 rings (SSSR count). The summed E-state index contributed by atoms with van der Waals surface area (Å²) in [6.45, 7) is 0.338. The molecule has 0 saturated heterocycles. The summed E-state index contributed by atoms with van der Waals surface area (Å²) in [5, 5.41) is 4.26. The molecule has 1 N–H and O–H groups in total. The Morgan fingerprint density at radius 1 is 1.28 bits per heavy atom. The maximum absolute atomic E-state index is 11.5. The fraction of sp³-hybridized carbons (Fsp3) is 0.0769. The molecule has 0 atom stereocenters. The molecular formula is C13H11N3O2. The van der Waals surface area contributed by atoms with E-state index in [1.165, 1.54) is 0 Å². The van der Waals surface area contributed by atoms with Crippen LogP contribution in [0.1, 0.15) is 5.69 Å². The third-order valence-corrected chi connectivity index (χ3v) is 2.58. The van der Waals surface area contributed by atoms with E-state index in [2.05, 4.69) is 10.1 Å². The Kier molecular flexibility index (Phi) is 2.57. The highest BCUT2D eigenvalue weighted by Crippen LogP contribution is 2.11. The van der Waals surface area contributed by atoms with E-state index in [1.54, 1.807) is 23.0 Å². The lowest BCUT2D eigenvalue weighted by molar-refractivity contribution is 0.300. The lowest BCUT2D eigenvalue weighted by atomic mass is 10.3. The number of rotatable bonds is 3. The number of hydrogen-bond donors (Lipinski definition) is 1. The Hall–Kier alpha value is -2.56. The zero-order valence-corrected chi connectivity index (χ0v) is 9.54. The molecule has 0 aliphatic carbocycles. The van der Waals surface area contributed by atoms with Crippen molar-refractivity contribution in [2.45, 2.75) is 6.61 Å². The van der Waals surface area contributed by atoms with Crippen LogP contribution in [0.25, 0.3) is 5.52 Å². The van der Waals surface area contributed by atoms with Gasteiger partial charge >= 0.3 is 0 Å². The van der Waals surface area contributed by atoms with Crippen LogP contribution in [0.3, 0.4) is 0 Å². The number of ether oxygens (including phenoxy) is 1. The molecule has 0 radical (unpaired) electrons. The Morgan fingerprint density at radius 3 is 2.89 bits per heavy atom. The lowest BCUT2D eigenvalue weighted by Crippen LogP contribution is -2.07. The summed E-state index contributed by atoms with van der Waals surface area (Å²) in [4.78, 5) is 14.1. The largest absolute Gasteiger partial charge is 0.487 e. The van der Waals surface area contributed by atoms with Crippen LogP contribution in [0.15, 0.2) is 53.6 Å². The van der Waals surface area contributed by atoms with Gasteiger partial charge in [0, 0.05) is 12.4 Å². The lowest BCUT2D eigenvalue weighted by Gasteiger charge is -2.02. The van der Waals surface area contributed by atoms with Gasteiger partial charge in [-0.05, 0) is 18.2 Å². The summed E-state index contributed by atoms with van der Waals surface area (Å²) in [6, 6.07) is 11.2. The van der Waals surface area contributed by atoms with Gasteiger partial charge in [0.05, 0.1) is 0 Å². The van der Waals surface area contributed by atoms with Crippen molar-refractivity contribution in [2.24, 2.45) is 0 Å². The molecule has 2 aromatic heterocycles. The number of hydrogen-bond acceptors (Lipinski definition) is 3. The number of fused-ring (bicyclic) bond motifs is 1. The zero-order chi connectivity index (χ0) is 12.4. The molecule has 5 heteroatoms. The van der Waals surface area contributed by atoms with Gasteiger partial charge in [-0.2, -0.15) is 5.10 Å². The molecule has 0 bridgehead atoms. The smallest absolute Gasteiger partial charge is 0.273 e. The maximum Gasteiger partial charge on any atom is 0.273 e. The minimum Gasteiger partial charge on any atom is -0.487 e. The van der Waals surface area contributed by atoms with E-state index < -0.39 is 0 Å². The van der Waals surface area contributed by atoms with Crippen molar-refractivity contribution in [3.63, 3.8) is 0 Å². The van der Waals surface area contributed by atoms with Gasteiger partial charge in [0.2, 0.25) is 0 Å². The van der Waals surface area contributed by atoms with Crippen LogP contribution in [-0.4, -0.2) is 14.6 Å². The predicted octanol–water partition coefficient (Wildman–Crippen LogP) is 1.60. The minimum atomic E-state index is -0.157. The van der Waals surface area contributed by atoms with Gasteiger partial charge in [0.15, 0.2) is 0 Å². The van der Waals surface area contributed by atoms with Gasteiger partial charge in [-0.15, -0.1) is 0 Å². The van der Waals surface area contributed by atoms with E-state index in [0.29, 0.717) is 12.1 Å². The average Bonchev–Trinajstić information content (AvgIpc) is 2.82. The summed E-state index contributed by atoms with van der Waals surface area (Å²) < 4.78 is 7.12. The van der Waals surface area contributed by atoms with Crippen LogP contribution in [0, 0.1) is 0 Å². The van der Waals surface area contributed by atoms with E-state index in [1.807, 2.05) is 30.3 Å². The Morgan fingerprint density at radius 2 is 2.11 bits per heavy atom. The van der Waals surface area contributed by atoms with Crippen molar-refractivity contribution >= 4 is 5.52 Å². The zero-order valence-electron chi connectivity index (χ0n) is 9.54. The molecule has 18 heavy (non-hydrogen) atoms. The first kappa shape index (κ1) is 10.6. The van der Waals surface area contributed by atoms with Gasteiger partial charge in [-0.1, -0.05) is 18.2 Å². The normalized spacial score (nSPS) is 10.7. The van der Waals surface area contributed by atoms with Gasteiger partial charge in [-0.3, -0.25) is 4.79 Å². The molecule has 0 spiro atoms. The van der Waals surface area contributed by atoms with E-state index >= 15 is 0 Å². The average molecular weight is 241 g/mol. The molecule has 0 aliphatic heterocycles. The maximum atomic E-state index is 11.5. The highest BCUT2D eigenvalue weighted by Gasteiger charge is 2.04. The molecule has 2 heterocycles. The molecule has 0 amide bonds. The third kappa shape index (κ3) is 1.98. The Labute approximate surface area is 103 Å². The topological polar surface area (TPSA) is 59.4 Å². The Balaban J connectivity index is 1.83.